The predicted molar refractivity (Wildman–Crippen MR) is 304 cm³/mol. The number of amides is 1. The Labute approximate surface area is 428 Å². The maximum Gasteiger partial charge on any atom is 0.220 e. The molecule has 0 aliphatic rings. The van der Waals surface area contributed by atoms with Crippen LogP contribution in [0.5, 0.6) is 0 Å². The minimum atomic E-state index is -0.838. The lowest BCUT2D eigenvalue weighted by atomic mass is 10.0. The quantitative estimate of drug-likeness (QED) is 0.0420. The van der Waals surface area contributed by atoms with E-state index in [1.807, 2.05) is 6.08 Å². The Bertz CT molecular complexity index is 994. The summed E-state index contributed by atoms with van der Waals surface area (Å²) in [5.74, 6) is -0.0563. The van der Waals surface area contributed by atoms with Gasteiger partial charge in [-0.25, -0.2) is 0 Å². The zero-order valence-electron chi connectivity index (χ0n) is 46.7. The van der Waals surface area contributed by atoms with E-state index >= 15 is 0 Å². The first-order valence-electron chi connectivity index (χ1n) is 31.6. The lowest BCUT2D eigenvalue weighted by Gasteiger charge is -2.20. The molecule has 4 heteroatoms. The van der Waals surface area contributed by atoms with Crippen LogP contribution in [0.1, 0.15) is 361 Å². The molecule has 2 atom stereocenters. The largest absolute Gasteiger partial charge is 0.394 e. The molecule has 0 aromatic rings. The number of carbonyl (C=O) groups excluding carboxylic acids is 1. The number of rotatable bonds is 59. The predicted octanol–water partition coefficient (Wildman–Crippen LogP) is 21.0. The summed E-state index contributed by atoms with van der Waals surface area (Å²) in [7, 11) is 0. The van der Waals surface area contributed by atoms with Crippen LogP contribution < -0.4 is 5.32 Å². The van der Waals surface area contributed by atoms with Gasteiger partial charge in [0, 0.05) is 6.42 Å². The number of aliphatic hydroxyl groups excluding tert-OH is 2. The van der Waals surface area contributed by atoms with Crippen molar-refractivity contribution in [1.82, 2.24) is 5.32 Å². The van der Waals surface area contributed by atoms with Crippen molar-refractivity contribution < 1.29 is 15.0 Å². The van der Waals surface area contributed by atoms with E-state index in [4.69, 9.17) is 0 Å². The van der Waals surface area contributed by atoms with Gasteiger partial charge in [0.25, 0.3) is 0 Å². The Morgan fingerprint density at radius 2 is 0.559 bits per heavy atom. The minimum Gasteiger partial charge on any atom is -0.394 e. The van der Waals surface area contributed by atoms with Gasteiger partial charge in [-0.3, -0.25) is 4.79 Å². The Hall–Kier alpha value is -1.13. The van der Waals surface area contributed by atoms with E-state index in [0.29, 0.717) is 6.42 Å². The summed E-state index contributed by atoms with van der Waals surface area (Å²) in [4.78, 5) is 12.5. The number of hydrogen-bond acceptors (Lipinski definition) is 3. The molecule has 1 amide bonds. The molecule has 2 unspecified atom stereocenters. The van der Waals surface area contributed by atoms with E-state index in [1.165, 1.54) is 315 Å². The summed E-state index contributed by atoms with van der Waals surface area (Å²) in [5, 5.41) is 23.2. The van der Waals surface area contributed by atoms with Gasteiger partial charge in [-0.2, -0.15) is 0 Å². The van der Waals surface area contributed by atoms with Crippen LogP contribution in [0.15, 0.2) is 24.3 Å². The molecule has 0 saturated carbocycles. The summed E-state index contributed by atoms with van der Waals surface area (Å²) in [6.45, 7) is 4.36. The smallest absolute Gasteiger partial charge is 0.220 e. The van der Waals surface area contributed by atoms with E-state index in [1.54, 1.807) is 6.08 Å². The molecule has 3 N–H and O–H groups in total. The second kappa shape index (κ2) is 60.2. The van der Waals surface area contributed by atoms with Crippen LogP contribution in [0.4, 0.5) is 0 Å². The average Bonchev–Trinajstić information content (AvgIpc) is 3.34. The van der Waals surface area contributed by atoms with Crippen molar-refractivity contribution in [3.63, 3.8) is 0 Å². The van der Waals surface area contributed by atoms with Gasteiger partial charge in [0.2, 0.25) is 5.91 Å². The highest BCUT2D eigenvalue weighted by Crippen LogP contribution is 2.18. The van der Waals surface area contributed by atoms with Gasteiger partial charge in [-0.15, -0.1) is 0 Å². The van der Waals surface area contributed by atoms with Gasteiger partial charge in [0.15, 0.2) is 0 Å². The SMILES string of the molecule is CCCCCCCCCCCCCC/C=C\CCCCCCCCCCCCCCCCCCCC(=O)NC(CO)C(O)/C=C/CCCCCCCCCCCCCCCCCCCCCCC. The van der Waals surface area contributed by atoms with E-state index in [9.17, 15) is 15.0 Å². The fourth-order valence-corrected chi connectivity index (χ4v) is 10.1. The first-order chi connectivity index (χ1) is 33.7. The molecule has 0 fully saturated rings. The van der Waals surface area contributed by atoms with Crippen molar-refractivity contribution in [3.05, 3.63) is 24.3 Å². The third-order valence-electron chi connectivity index (χ3n) is 14.9. The standard InChI is InChI=1S/C64H125NO3/c1-3-5-7-9-11-13-15-17-19-21-23-25-27-28-29-30-31-32-33-34-35-36-38-40-42-44-46-48-50-52-54-56-58-60-64(68)65-62(61-66)63(67)59-57-55-53-51-49-47-45-43-41-39-37-26-24-22-20-18-16-14-12-10-8-6-4-2/h28-29,57,59,62-63,66-67H,3-27,30-56,58,60-61H2,1-2H3,(H,65,68)/b29-28-,59-57+. The maximum atomic E-state index is 12.5. The van der Waals surface area contributed by atoms with Crippen LogP contribution in [-0.4, -0.2) is 34.9 Å². The third kappa shape index (κ3) is 55.8. The molecule has 404 valence electrons. The Balaban J connectivity index is 3.43. The number of hydrogen-bond donors (Lipinski definition) is 3. The highest BCUT2D eigenvalue weighted by atomic mass is 16.3. The first kappa shape index (κ1) is 66.9. The Kier molecular flexibility index (Phi) is 59.2. The van der Waals surface area contributed by atoms with Crippen LogP contribution in [0.25, 0.3) is 0 Å². The molecule has 0 aliphatic heterocycles. The fraction of sp³-hybridized carbons (Fsp3) is 0.922. The molecule has 0 heterocycles. The van der Waals surface area contributed by atoms with Gasteiger partial charge in [0.1, 0.15) is 0 Å². The van der Waals surface area contributed by atoms with Crippen molar-refractivity contribution in [2.24, 2.45) is 0 Å². The van der Waals surface area contributed by atoms with Gasteiger partial charge in [-0.05, 0) is 44.9 Å². The summed E-state index contributed by atoms with van der Waals surface area (Å²) in [6, 6.07) is -0.621. The minimum absolute atomic E-state index is 0.0563. The Morgan fingerprint density at radius 1 is 0.338 bits per heavy atom. The highest BCUT2D eigenvalue weighted by molar-refractivity contribution is 5.76. The van der Waals surface area contributed by atoms with Crippen molar-refractivity contribution >= 4 is 5.91 Å². The lowest BCUT2D eigenvalue weighted by Crippen LogP contribution is -2.45. The topological polar surface area (TPSA) is 69.6 Å². The van der Waals surface area contributed by atoms with Crippen LogP contribution in [0, 0.1) is 0 Å². The summed E-state index contributed by atoms with van der Waals surface area (Å²) >= 11 is 0. The highest BCUT2D eigenvalue weighted by Gasteiger charge is 2.18. The number of unbranched alkanes of at least 4 members (excludes halogenated alkanes) is 50. The summed E-state index contributed by atoms with van der Waals surface area (Å²) < 4.78 is 0. The van der Waals surface area contributed by atoms with Gasteiger partial charge < -0.3 is 15.5 Å². The van der Waals surface area contributed by atoms with Crippen molar-refractivity contribution in [3.8, 4) is 0 Å². The van der Waals surface area contributed by atoms with Crippen molar-refractivity contribution in [2.45, 2.75) is 373 Å². The Morgan fingerprint density at radius 3 is 0.809 bits per heavy atom. The monoisotopic (exact) mass is 956 g/mol. The van der Waals surface area contributed by atoms with Gasteiger partial charge in [-0.1, -0.05) is 334 Å². The molecule has 0 radical (unpaired) electrons. The second-order valence-electron chi connectivity index (χ2n) is 21.8. The summed E-state index contributed by atoms with van der Waals surface area (Å²) in [5.41, 5.74) is 0. The van der Waals surface area contributed by atoms with Gasteiger partial charge in [0.05, 0.1) is 18.8 Å². The zero-order valence-corrected chi connectivity index (χ0v) is 46.7. The van der Waals surface area contributed by atoms with Crippen molar-refractivity contribution in [1.29, 1.82) is 0 Å². The molecule has 68 heavy (non-hydrogen) atoms. The van der Waals surface area contributed by atoms with E-state index < -0.39 is 12.1 Å². The number of allylic oxidation sites excluding steroid dienone is 3. The van der Waals surface area contributed by atoms with E-state index in [2.05, 4.69) is 31.3 Å². The average molecular weight is 957 g/mol. The van der Waals surface area contributed by atoms with Crippen LogP contribution in [0.3, 0.4) is 0 Å². The molecule has 0 aromatic carbocycles. The molecular weight excluding hydrogens is 831 g/mol. The van der Waals surface area contributed by atoms with E-state index in [-0.39, 0.29) is 12.5 Å². The zero-order chi connectivity index (χ0) is 49.2. The molecule has 0 aromatic heterocycles. The van der Waals surface area contributed by atoms with Crippen LogP contribution >= 0.6 is 0 Å². The molecular formula is C64H125NO3. The van der Waals surface area contributed by atoms with E-state index in [0.717, 1.165) is 25.7 Å². The molecule has 0 spiro atoms. The molecule has 0 bridgehead atoms. The lowest BCUT2D eigenvalue weighted by molar-refractivity contribution is -0.123. The van der Waals surface area contributed by atoms with Crippen LogP contribution in [-0.2, 0) is 4.79 Å². The van der Waals surface area contributed by atoms with Gasteiger partial charge >= 0.3 is 0 Å². The third-order valence-corrected chi connectivity index (χ3v) is 14.9. The second-order valence-corrected chi connectivity index (χ2v) is 21.8. The maximum absolute atomic E-state index is 12.5. The summed E-state index contributed by atoms with van der Waals surface area (Å²) in [6.07, 6.45) is 80.9. The normalized spacial score (nSPS) is 12.8. The molecule has 0 rings (SSSR count). The number of nitrogens with one attached hydrogen (secondary N) is 1. The fourth-order valence-electron chi connectivity index (χ4n) is 10.1. The van der Waals surface area contributed by atoms with Crippen LogP contribution in [0.2, 0.25) is 0 Å². The first-order valence-corrected chi connectivity index (χ1v) is 31.6. The number of aliphatic hydroxyl groups is 2. The number of carbonyl (C=O) groups is 1. The molecule has 0 saturated heterocycles. The van der Waals surface area contributed by atoms with Crippen molar-refractivity contribution in [2.75, 3.05) is 6.61 Å². The molecule has 0 aliphatic carbocycles. The molecule has 4 nitrogen and oxygen atoms in total.